The molecule has 1 unspecified atom stereocenters. The molecular formula is C13H19N3O5. The van der Waals surface area contributed by atoms with Crippen molar-refractivity contribution >= 4 is 17.3 Å². The average molecular weight is 297 g/mol. The van der Waals surface area contributed by atoms with Crippen molar-refractivity contribution in [2.45, 2.75) is 6.10 Å². The zero-order valence-electron chi connectivity index (χ0n) is 12.2. The predicted octanol–water partition coefficient (Wildman–Crippen LogP) is 0.716. The molecule has 0 saturated heterocycles. The van der Waals surface area contributed by atoms with Gasteiger partial charge in [-0.25, -0.2) is 0 Å². The van der Waals surface area contributed by atoms with E-state index in [0.29, 0.717) is 0 Å². The van der Waals surface area contributed by atoms with Crippen molar-refractivity contribution in [1.29, 1.82) is 0 Å². The molecule has 0 aromatic heterocycles. The zero-order chi connectivity index (χ0) is 16.0. The summed E-state index contributed by atoms with van der Waals surface area (Å²) in [6.45, 7) is 0.101. The molecule has 0 aliphatic rings. The van der Waals surface area contributed by atoms with Crippen LogP contribution in [0.15, 0.2) is 18.2 Å². The smallest absolute Gasteiger partial charge is 0.305 e. The van der Waals surface area contributed by atoms with Gasteiger partial charge in [0.15, 0.2) is 0 Å². The van der Waals surface area contributed by atoms with Gasteiger partial charge in [0.1, 0.15) is 11.3 Å². The summed E-state index contributed by atoms with van der Waals surface area (Å²) in [6.07, 6.45) is -0.851. The quantitative estimate of drug-likeness (QED) is 0.567. The van der Waals surface area contributed by atoms with Crippen molar-refractivity contribution in [2.24, 2.45) is 0 Å². The molecule has 0 spiro atoms. The first-order chi connectivity index (χ1) is 9.92. The molecule has 0 saturated carbocycles. The lowest BCUT2D eigenvalue weighted by Gasteiger charge is -2.20. The molecule has 1 amide bonds. The van der Waals surface area contributed by atoms with Gasteiger partial charge in [-0.2, -0.15) is 0 Å². The van der Waals surface area contributed by atoms with Crippen LogP contribution in [-0.4, -0.2) is 61.3 Å². The fourth-order valence-electron chi connectivity index (χ4n) is 1.96. The number of benzene rings is 1. The Bertz CT molecular complexity index is 521. The Morgan fingerprint density at radius 1 is 1.57 bits per heavy atom. The summed E-state index contributed by atoms with van der Waals surface area (Å²) in [6, 6.07) is 4.47. The molecule has 2 N–H and O–H groups in total. The monoisotopic (exact) mass is 297 g/mol. The van der Waals surface area contributed by atoms with E-state index in [1.165, 1.54) is 31.2 Å². The maximum Gasteiger partial charge on any atom is 0.305 e. The van der Waals surface area contributed by atoms with Crippen LogP contribution in [0, 0.1) is 10.1 Å². The number of amides is 1. The molecule has 0 bridgehead atoms. The Morgan fingerprint density at radius 3 is 2.76 bits per heavy atom. The summed E-state index contributed by atoms with van der Waals surface area (Å²) in [5, 5.41) is 23.5. The van der Waals surface area contributed by atoms with Gasteiger partial charge in [-0.15, -0.1) is 0 Å². The van der Waals surface area contributed by atoms with Crippen molar-refractivity contribution in [2.75, 3.05) is 39.7 Å². The fourth-order valence-corrected chi connectivity index (χ4v) is 1.96. The minimum atomic E-state index is -0.851. The SMILES string of the molecule is CNc1cccc(C(=O)N(C)CC(O)COC)c1[N+](=O)[O-]. The number of carbonyl (C=O) groups excluding carboxylic acids is 1. The van der Waals surface area contributed by atoms with Gasteiger partial charge >= 0.3 is 5.69 Å². The van der Waals surface area contributed by atoms with Crippen LogP contribution in [0.4, 0.5) is 11.4 Å². The molecule has 116 valence electrons. The predicted molar refractivity (Wildman–Crippen MR) is 77.5 cm³/mol. The molecule has 1 rings (SSSR count). The number of nitrogens with one attached hydrogen (secondary N) is 1. The topological polar surface area (TPSA) is 105 Å². The van der Waals surface area contributed by atoms with Crippen LogP contribution in [0.3, 0.4) is 0 Å². The van der Waals surface area contributed by atoms with Crippen LogP contribution < -0.4 is 5.32 Å². The van der Waals surface area contributed by atoms with E-state index in [9.17, 15) is 20.0 Å². The van der Waals surface area contributed by atoms with Crippen LogP contribution in [-0.2, 0) is 4.74 Å². The number of hydrogen-bond donors (Lipinski definition) is 2. The van der Waals surface area contributed by atoms with E-state index in [2.05, 4.69) is 5.32 Å². The number of hydrogen-bond acceptors (Lipinski definition) is 6. The summed E-state index contributed by atoms with van der Waals surface area (Å²) in [7, 11) is 4.45. The minimum absolute atomic E-state index is 0.0214. The van der Waals surface area contributed by atoms with E-state index in [-0.39, 0.29) is 30.1 Å². The molecule has 0 heterocycles. The van der Waals surface area contributed by atoms with E-state index in [0.717, 1.165) is 0 Å². The third-order valence-electron chi connectivity index (χ3n) is 2.91. The number of para-hydroxylation sites is 1. The molecule has 8 heteroatoms. The van der Waals surface area contributed by atoms with Gasteiger partial charge in [0.2, 0.25) is 0 Å². The molecule has 8 nitrogen and oxygen atoms in total. The van der Waals surface area contributed by atoms with Crippen molar-refractivity contribution in [3.8, 4) is 0 Å². The molecule has 0 fully saturated rings. The number of aliphatic hydroxyl groups excluding tert-OH is 1. The first-order valence-corrected chi connectivity index (χ1v) is 6.30. The number of nitro groups is 1. The Labute approximate surface area is 122 Å². The highest BCUT2D eigenvalue weighted by molar-refractivity contribution is 6.00. The summed E-state index contributed by atoms with van der Waals surface area (Å²) in [5.74, 6) is -0.533. The molecule has 1 aromatic rings. The van der Waals surface area contributed by atoms with E-state index >= 15 is 0 Å². The summed E-state index contributed by atoms with van der Waals surface area (Å²) in [5.41, 5.74) is -0.0475. The third kappa shape index (κ3) is 4.14. The largest absolute Gasteiger partial charge is 0.389 e. The molecule has 21 heavy (non-hydrogen) atoms. The average Bonchev–Trinajstić information content (AvgIpc) is 2.45. The number of methoxy groups -OCH3 is 1. The number of nitrogens with zero attached hydrogens (tertiary/aromatic N) is 2. The van der Waals surface area contributed by atoms with Gasteiger partial charge in [-0.05, 0) is 12.1 Å². The van der Waals surface area contributed by atoms with Gasteiger partial charge in [-0.1, -0.05) is 6.07 Å². The van der Waals surface area contributed by atoms with E-state index < -0.39 is 16.9 Å². The Hall–Kier alpha value is -2.19. The summed E-state index contributed by atoms with van der Waals surface area (Å²) >= 11 is 0. The van der Waals surface area contributed by atoms with Gasteiger partial charge in [0.05, 0.1) is 17.6 Å². The number of ether oxygens (including phenoxy) is 1. The Morgan fingerprint density at radius 2 is 2.24 bits per heavy atom. The molecule has 1 aromatic carbocycles. The second kappa shape index (κ2) is 7.55. The fraction of sp³-hybridized carbons (Fsp3) is 0.462. The normalized spacial score (nSPS) is 11.8. The van der Waals surface area contributed by atoms with Crippen molar-refractivity contribution in [3.05, 3.63) is 33.9 Å². The van der Waals surface area contributed by atoms with E-state index in [1.54, 1.807) is 13.1 Å². The molecule has 1 atom stereocenters. The minimum Gasteiger partial charge on any atom is -0.389 e. The van der Waals surface area contributed by atoms with Crippen LogP contribution >= 0.6 is 0 Å². The van der Waals surface area contributed by atoms with Crippen LogP contribution in [0.1, 0.15) is 10.4 Å². The number of carbonyl (C=O) groups is 1. The number of rotatable bonds is 7. The van der Waals surface area contributed by atoms with Crippen LogP contribution in [0.5, 0.6) is 0 Å². The summed E-state index contributed by atoms with van der Waals surface area (Å²) in [4.78, 5) is 24.1. The second-order valence-electron chi connectivity index (χ2n) is 4.50. The highest BCUT2D eigenvalue weighted by Crippen LogP contribution is 2.29. The first kappa shape index (κ1) is 16.9. The molecule has 0 aliphatic carbocycles. The standard InChI is InChI=1S/C13H19N3O5/c1-14-11-6-4-5-10(12(11)16(19)20)13(18)15(2)7-9(17)8-21-3/h4-6,9,14,17H,7-8H2,1-3H3. The number of nitro benzene ring substituents is 1. The zero-order valence-corrected chi connectivity index (χ0v) is 12.2. The van der Waals surface area contributed by atoms with Gasteiger partial charge in [0.25, 0.3) is 5.91 Å². The molecular weight excluding hydrogens is 278 g/mol. The third-order valence-corrected chi connectivity index (χ3v) is 2.91. The number of anilines is 1. The van der Waals surface area contributed by atoms with Gasteiger partial charge in [0, 0.05) is 27.7 Å². The Kier molecular flexibility index (Phi) is 6.07. The van der Waals surface area contributed by atoms with Crippen molar-refractivity contribution in [1.82, 2.24) is 4.90 Å². The highest BCUT2D eigenvalue weighted by atomic mass is 16.6. The number of likely N-dealkylation sites (N-methyl/N-ethyl adjacent to an activating group) is 1. The lowest BCUT2D eigenvalue weighted by molar-refractivity contribution is -0.384. The van der Waals surface area contributed by atoms with Gasteiger partial charge in [-0.3, -0.25) is 14.9 Å². The van der Waals surface area contributed by atoms with Crippen molar-refractivity contribution in [3.63, 3.8) is 0 Å². The summed E-state index contributed by atoms with van der Waals surface area (Å²) < 4.78 is 4.78. The highest BCUT2D eigenvalue weighted by Gasteiger charge is 2.26. The molecule has 0 aliphatic heterocycles. The molecule has 0 radical (unpaired) electrons. The van der Waals surface area contributed by atoms with E-state index in [1.807, 2.05) is 0 Å². The van der Waals surface area contributed by atoms with E-state index in [4.69, 9.17) is 4.74 Å². The lowest BCUT2D eigenvalue weighted by Crippen LogP contribution is -2.36. The maximum absolute atomic E-state index is 12.3. The second-order valence-corrected chi connectivity index (χ2v) is 4.50. The van der Waals surface area contributed by atoms with Crippen molar-refractivity contribution < 1.29 is 19.6 Å². The van der Waals surface area contributed by atoms with Gasteiger partial charge < -0.3 is 20.1 Å². The number of aliphatic hydroxyl groups is 1. The first-order valence-electron chi connectivity index (χ1n) is 6.30. The lowest BCUT2D eigenvalue weighted by atomic mass is 10.1. The van der Waals surface area contributed by atoms with Crippen LogP contribution in [0.2, 0.25) is 0 Å². The maximum atomic E-state index is 12.3. The van der Waals surface area contributed by atoms with Crippen LogP contribution in [0.25, 0.3) is 0 Å². The Balaban J connectivity index is 3.04.